The first kappa shape index (κ1) is 11.1. The molecule has 5 heteroatoms. The molecule has 0 radical (unpaired) electrons. The molecule has 84 valence electrons. The van der Waals surface area contributed by atoms with E-state index in [0.29, 0.717) is 0 Å². The number of ether oxygens (including phenoxy) is 1. The van der Waals surface area contributed by atoms with E-state index in [1.807, 2.05) is 23.5 Å². The summed E-state index contributed by atoms with van der Waals surface area (Å²) < 4.78 is 6.63. The van der Waals surface area contributed by atoms with Crippen LogP contribution < -0.4 is 5.30 Å². The minimum Gasteiger partial charge on any atom is -0.469 e. The zero-order valence-electron chi connectivity index (χ0n) is 9.23. The molecule has 0 aliphatic heterocycles. The van der Waals surface area contributed by atoms with Crippen molar-refractivity contribution in [1.82, 2.24) is 9.38 Å². The number of nitrogens with zero attached hydrogens (tertiary/aromatic N) is 2. The maximum atomic E-state index is 11.3. The zero-order chi connectivity index (χ0) is 11.7. The lowest BCUT2D eigenvalue weighted by molar-refractivity contribution is -0.139. The van der Waals surface area contributed by atoms with Gasteiger partial charge < -0.3 is 9.14 Å². The lowest BCUT2D eigenvalue weighted by atomic mass is 10.3. The van der Waals surface area contributed by atoms with Gasteiger partial charge in [-0.05, 0) is 19.1 Å². The first-order valence-electron chi connectivity index (χ1n) is 4.91. The Kier molecular flexibility index (Phi) is 2.92. The van der Waals surface area contributed by atoms with Crippen molar-refractivity contribution in [3.63, 3.8) is 0 Å². The average Bonchev–Trinajstić information content (AvgIpc) is 2.68. The van der Waals surface area contributed by atoms with Gasteiger partial charge in [0.1, 0.15) is 5.65 Å². The highest BCUT2D eigenvalue weighted by molar-refractivity contribution is 7.28. The molecule has 0 aliphatic carbocycles. The number of aromatic nitrogens is 2. The number of fused-ring (bicyclic) bond motifs is 1. The predicted molar refractivity (Wildman–Crippen MR) is 65.0 cm³/mol. The van der Waals surface area contributed by atoms with Gasteiger partial charge in [0.25, 0.3) is 0 Å². The van der Waals surface area contributed by atoms with Crippen LogP contribution in [0.5, 0.6) is 0 Å². The second-order valence-corrected chi connectivity index (χ2v) is 4.21. The molecule has 2 rings (SSSR count). The summed E-state index contributed by atoms with van der Waals surface area (Å²) in [5, 5.41) is 1.02. The van der Waals surface area contributed by atoms with E-state index >= 15 is 0 Å². The molecule has 0 aromatic carbocycles. The van der Waals surface area contributed by atoms with Crippen molar-refractivity contribution in [2.24, 2.45) is 0 Å². The van der Waals surface area contributed by atoms with Crippen LogP contribution in [-0.4, -0.2) is 22.5 Å². The average molecular weight is 236 g/mol. The van der Waals surface area contributed by atoms with Crippen LogP contribution in [0.25, 0.3) is 5.65 Å². The van der Waals surface area contributed by atoms with Crippen molar-refractivity contribution in [3.8, 4) is 0 Å². The number of carbonyl (C=O) groups is 1. The molecule has 1 unspecified atom stereocenters. The topological polar surface area (TPSA) is 43.6 Å². The van der Waals surface area contributed by atoms with Crippen molar-refractivity contribution in [3.05, 3.63) is 29.7 Å². The predicted octanol–water partition coefficient (Wildman–Crippen LogP) is 0.859. The Bertz CT molecular complexity index is 548. The van der Waals surface area contributed by atoms with E-state index in [0.717, 1.165) is 22.3 Å². The van der Waals surface area contributed by atoms with Gasteiger partial charge in [-0.3, -0.25) is 4.79 Å². The van der Waals surface area contributed by atoms with Gasteiger partial charge >= 0.3 is 5.97 Å². The summed E-state index contributed by atoms with van der Waals surface area (Å²) in [6, 6.07) is 3.99. The molecule has 0 saturated heterocycles. The molecule has 2 aromatic rings. The van der Waals surface area contributed by atoms with Crippen LogP contribution >= 0.6 is 9.24 Å². The van der Waals surface area contributed by atoms with Gasteiger partial charge in [-0.1, -0.05) is 0 Å². The Labute approximate surface area is 95.8 Å². The second-order valence-electron chi connectivity index (χ2n) is 3.59. The normalized spacial score (nSPS) is 10.7. The minimum absolute atomic E-state index is 0.243. The Morgan fingerprint density at radius 2 is 2.31 bits per heavy atom. The molecular weight excluding hydrogens is 223 g/mol. The summed E-state index contributed by atoms with van der Waals surface area (Å²) >= 11 is 0. The number of hydrogen-bond donors (Lipinski definition) is 0. The third kappa shape index (κ3) is 1.81. The number of rotatable bonds is 2. The molecule has 0 saturated carbocycles. The van der Waals surface area contributed by atoms with E-state index in [9.17, 15) is 4.79 Å². The summed E-state index contributed by atoms with van der Waals surface area (Å²) in [6.45, 7) is 1.99. The summed E-state index contributed by atoms with van der Waals surface area (Å²) in [7, 11) is 4.03. The van der Waals surface area contributed by atoms with Crippen molar-refractivity contribution in [2.45, 2.75) is 13.3 Å². The van der Waals surface area contributed by atoms with Crippen LogP contribution in [0, 0.1) is 6.92 Å². The monoisotopic (exact) mass is 236 g/mol. The van der Waals surface area contributed by atoms with Crippen molar-refractivity contribution >= 4 is 26.2 Å². The quantitative estimate of drug-likeness (QED) is 0.573. The fraction of sp³-hybridized carbons (Fsp3) is 0.273. The molecule has 1 atom stereocenters. The van der Waals surface area contributed by atoms with Gasteiger partial charge in [0.2, 0.25) is 0 Å². The highest BCUT2D eigenvalue weighted by Gasteiger charge is 2.11. The van der Waals surface area contributed by atoms with Crippen LogP contribution in [0.3, 0.4) is 0 Å². The zero-order valence-corrected chi connectivity index (χ0v) is 10.4. The van der Waals surface area contributed by atoms with Crippen molar-refractivity contribution in [2.75, 3.05) is 7.11 Å². The third-order valence-corrected chi connectivity index (χ3v) is 2.95. The fourth-order valence-electron chi connectivity index (χ4n) is 1.69. The van der Waals surface area contributed by atoms with Gasteiger partial charge in [-0.2, -0.15) is 0 Å². The summed E-state index contributed by atoms with van der Waals surface area (Å²) in [5.74, 6) is -0.254. The molecule has 16 heavy (non-hydrogen) atoms. The Morgan fingerprint density at radius 3 is 3.00 bits per heavy atom. The first-order valence-corrected chi connectivity index (χ1v) is 5.49. The molecule has 0 fully saturated rings. The number of hydrogen-bond acceptors (Lipinski definition) is 3. The SMILES string of the molecule is COC(=O)Cc1cnc2c(P)ccc(C)n12. The van der Waals surface area contributed by atoms with Crippen LogP contribution in [0.2, 0.25) is 0 Å². The number of methoxy groups -OCH3 is 1. The summed E-state index contributed by atoms with van der Waals surface area (Å²) in [5.41, 5.74) is 2.77. The van der Waals surface area contributed by atoms with E-state index < -0.39 is 0 Å². The standard InChI is InChI=1S/C11H13N2O2P/c1-7-3-4-9(16)11-12-6-8(13(7)11)5-10(14)15-2/h3-4,6H,5,16H2,1-2H3. The maximum absolute atomic E-state index is 11.3. The van der Waals surface area contributed by atoms with Gasteiger partial charge in [-0.15, -0.1) is 9.24 Å². The van der Waals surface area contributed by atoms with Crippen LogP contribution in [-0.2, 0) is 16.0 Å². The molecule has 4 nitrogen and oxygen atoms in total. The van der Waals surface area contributed by atoms with Crippen molar-refractivity contribution < 1.29 is 9.53 Å². The smallest absolute Gasteiger partial charge is 0.311 e. The Morgan fingerprint density at radius 1 is 1.56 bits per heavy atom. The second kappa shape index (κ2) is 4.22. The van der Waals surface area contributed by atoms with Gasteiger partial charge in [0, 0.05) is 17.2 Å². The number of aryl methyl sites for hydroxylation is 1. The minimum atomic E-state index is -0.254. The Hall–Kier alpha value is -1.41. The molecular formula is C11H13N2O2P. The molecule has 0 bridgehead atoms. The van der Waals surface area contributed by atoms with Crippen molar-refractivity contribution in [1.29, 1.82) is 0 Å². The van der Waals surface area contributed by atoms with E-state index in [1.165, 1.54) is 7.11 Å². The molecule has 2 aromatic heterocycles. The first-order chi connectivity index (χ1) is 7.63. The van der Waals surface area contributed by atoms with Crippen LogP contribution in [0.1, 0.15) is 11.4 Å². The van der Waals surface area contributed by atoms with E-state index in [2.05, 4.69) is 19.0 Å². The highest BCUT2D eigenvalue weighted by Crippen LogP contribution is 2.11. The lowest BCUT2D eigenvalue weighted by Crippen LogP contribution is -2.09. The summed E-state index contributed by atoms with van der Waals surface area (Å²) in [4.78, 5) is 15.6. The van der Waals surface area contributed by atoms with E-state index in [1.54, 1.807) is 6.20 Å². The number of carbonyl (C=O) groups excluding carboxylic acids is 1. The largest absolute Gasteiger partial charge is 0.469 e. The molecule has 0 N–H and O–H groups in total. The fourth-order valence-corrected chi connectivity index (χ4v) is 1.99. The molecule has 2 heterocycles. The van der Waals surface area contributed by atoms with E-state index in [4.69, 9.17) is 0 Å². The maximum Gasteiger partial charge on any atom is 0.311 e. The van der Waals surface area contributed by atoms with Crippen LogP contribution in [0.4, 0.5) is 0 Å². The highest BCUT2D eigenvalue weighted by atomic mass is 31.0. The number of pyridine rings is 1. The Balaban J connectivity index is 2.55. The lowest BCUT2D eigenvalue weighted by Gasteiger charge is -2.06. The van der Waals surface area contributed by atoms with E-state index in [-0.39, 0.29) is 12.4 Å². The molecule has 0 amide bonds. The summed E-state index contributed by atoms with van der Waals surface area (Å²) in [6.07, 6.45) is 1.96. The molecule has 0 aliphatic rings. The van der Waals surface area contributed by atoms with Crippen LogP contribution in [0.15, 0.2) is 18.3 Å². The number of esters is 1. The third-order valence-electron chi connectivity index (χ3n) is 2.50. The van der Waals surface area contributed by atoms with Gasteiger partial charge in [0.15, 0.2) is 0 Å². The van der Waals surface area contributed by atoms with Gasteiger partial charge in [0.05, 0.1) is 19.2 Å². The van der Waals surface area contributed by atoms with Gasteiger partial charge in [-0.25, -0.2) is 4.98 Å². The molecule has 0 spiro atoms. The number of imidazole rings is 1.